The molecular weight excluding hydrogens is 280 g/mol. The standard InChI is InChI=1S/C17H18N2OS/c20-17(16-4-3-11-21-16)19-10-7-13-5-6-14(12-15(13)19)18-8-1-2-9-18/h3-6,11-12H,1-2,7-10H2. The van der Waals surface area contributed by atoms with E-state index >= 15 is 0 Å². The van der Waals surface area contributed by atoms with Gasteiger partial charge in [0.2, 0.25) is 0 Å². The van der Waals surface area contributed by atoms with Gasteiger partial charge < -0.3 is 9.80 Å². The lowest BCUT2D eigenvalue weighted by Crippen LogP contribution is -2.28. The molecule has 0 aliphatic carbocycles. The molecule has 0 radical (unpaired) electrons. The second-order valence-electron chi connectivity index (χ2n) is 5.69. The molecule has 4 heteroatoms. The van der Waals surface area contributed by atoms with Crippen LogP contribution in [0, 0.1) is 0 Å². The second kappa shape index (κ2) is 5.19. The molecule has 2 aliphatic heterocycles. The molecule has 4 rings (SSSR count). The van der Waals surface area contributed by atoms with Crippen LogP contribution in [-0.2, 0) is 6.42 Å². The molecule has 0 spiro atoms. The second-order valence-corrected chi connectivity index (χ2v) is 6.64. The molecule has 1 fully saturated rings. The van der Waals surface area contributed by atoms with E-state index in [1.807, 2.05) is 22.4 Å². The van der Waals surface area contributed by atoms with Crippen molar-refractivity contribution in [1.82, 2.24) is 0 Å². The number of amides is 1. The van der Waals surface area contributed by atoms with Crippen LogP contribution in [0.15, 0.2) is 35.7 Å². The summed E-state index contributed by atoms with van der Waals surface area (Å²) in [5.41, 5.74) is 3.66. The summed E-state index contributed by atoms with van der Waals surface area (Å²) in [5.74, 6) is 0.141. The number of fused-ring (bicyclic) bond motifs is 1. The zero-order valence-electron chi connectivity index (χ0n) is 11.9. The molecule has 3 nitrogen and oxygen atoms in total. The fourth-order valence-electron chi connectivity index (χ4n) is 3.28. The van der Waals surface area contributed by atoms with E-state index in [0.29, 0.717) is 0 Å². The fraction of sp³-hybridized carbons (Fsp3) is 0.353. The Morgan fingerprint density at radius 1 is 1.10 bits per heavy atom. The summed E-state index contributed by atoms with van der Waals surface area (Å²) < 4.78 is 0. The maximum absolute atomic E-state index is 12.6. The minimum Gasteiger partial charge on any atom is -0.371 e. The van der Waals surface area contributed by atoms with Gasteiger partial charge >= 0.3 is 0 Å². The molecule has 0 N–H and O–H groups in total. The minimum absolute atomic E-state index is 0.141. The highest BCUT2D eigenvalue weighted by Gasteiger charge is 2.27. The molecule has 2 aromatic rings. The summed E-state index contributed by atoms with van der Waals surface area (Å²) in [4.78, 5) is 17.8. The van der Waals surface area contributed by atoms with Crippen molar-refractivity contribution in [1.29, 1.82) is 0 Å². The van der Waals surface area contributed by atoms with Crippen LogP contribution in [0.5, 0.6) is 0 Å². The molecule has 1 aromatic carbocycles. The SMILES string of the molecule is O=C(c1cccs1)N1CCc2ccc(N3CCCC3)cc21. The molecule has 0 bridgehead atoms. The Morgan fingerprint density at radius 3 is 2.71 bits per heavy atom. The Labute approximate surface area is 128 Å². The first-order chi connectivity index (χ1) is 10.3. The number of hydrogen-bond donors (Lipinski definition) is 0. The van der Waals surface area contributed by atoms with Crippen LogP contribution in [0.2, 0.25) is 0 Å². The van der Waals surface area contributed by atoms with Crippen LogP contribution in [-0.4, -0.2) is 25.5 Å². The molecule has 3 heterocycles. The molecule has 108 valence electrons. The third kappa shape index (κ3) is 2.23. The van der Waals surface area contributed by atoms with Gasteiger partial charge in [0.15, 0.2) is 0 Å². The summed E-state index contributed by atoms with van der Waals surface area (Å²) in [6, 6.07) is 10.5. The molecule has 2 aliphatic rings. The van der Waals surface area contributed by atoms with Gasteiger partial charge in [0.1, 0.15) is 0 Å². The largest absolute Gasteiger partial charge is 0.371 e. The fourth-order valence-corrected chi connectivity index (χ4v) is 3.96. The molecule has 1 amide bonds. The number of rotatable bonds is 2. The van der Waals surface area contributed by atoms with Crippen LogP contribution in [0.1, 0.15) is 28.1 Å². The number of carbonyl (C=O) groups is 1. The van der Waals surface area contributed by atoms with Gasteiger partial charge in [0.25, 0.3) is 5.91 Å². The maximum atomic E-state index is 12.6. The van der Waals surface area contributed by atoms with Gasteiger partial charge in [-0.1, -0.05) is 12.1 Å². The van der Waals surface area contributed by atoms with Crippen LogP contribution in [0.3, 0.4) is 0 Å². The minimum atomic E-state index is 0.141. The highest BCUT2D eigenvalue weighted by atomic mass is 32.1. The molecule has 21 heavy (non-hydrogen) atoms. The molecule has 1 aromatic heterocycles. The summed E-state index contributed by atoms with van der Waals surface area (Å²) >= 11 is 1.52. The average molecular weight is 298 g/mol. The van der Waals surface area contributed by atoms with E-state index in [1.54, 1.807) is 0 Å². The number of thiophene rings is 1. The molecule has 0 unspecified atom stereocenters. The van der Waals surface area contributed by atoms with Gasteiger partial charge in [-0.2, -0.15) is 0 Å². The first-order valence-corrected chi connectivity index (χ1v) is 8.44. The zero-order valence-corrected chi connectivity index (χ0v) is 12.7. The van der Waals surface area contributed by atoms with E-state index in [2.05, 4.69) is 23.1 Å². The number of benzene rings is 1. The van der Waals surface area contributed by atoms with Crippen molar-refractivity contribution >= 4 is 28.6 Å². The third-order valence-corrected chi connectivity index (χ3v) is 5.27. The van der Waals surface area contributed by atoms with Crippen molar-refractivity contribution in [3.05, 3.63) is 46.2 Å². The van der Waals surface area contributed by atoms with Crippen LogP contribution in [0.25, 0.3) is 0 Å². The quantitative estimate of drug-likeness (QED) is 0.846. The lowest BCUT2D eigenvalue weighted by Gasteiger charge is -2.21. The van der Waals surface area contributed by atoms with Crippen molar-refractivity contribution in [3.63, 3.8) is 0 Å². The molecular formula is C17H18N2OS. The third-order valence-electron chi connectivity index (χ3n) is 4.41. The smallest absolute Gasteiger partial charge is 0.268 e. The van der Waals surface area contributed by atoms with Crippen molar-refractivity contribution in [2.45, 2.75) is 19.3 Å². The molecule has 0 atom stereocenters. The van der Waals surface area contributed by atoms with Gasteiger partial charge in [0.05, 0.1) is 4.88 Å². The van der Waals surface area contributed by atoms with Gasteiger partial charge in [-0.15, -0.1) is 11.3 Å². The first kappa shape index (κ1) is 12.9. The Kier molecular flexibility index (Phi) is 3.19. The lowest BCUT2D eigenvalue weighted by molar-refractivity contribution is 0.0993. The van der Waals surface area contributed by atoms with Gasteiger partial charge in [-0.25, -0.2) is 0 Å². The summed E-state index contributed by atoms with van der Waals surface area (Å²) in [5, 5.41) is 1.96. The predicted molar refractivity (Wildman–Crippen MR) is 87.6 cm³/mol. The monoisotopic (exact) mass is 298 g/mol. The van der Waals surface area contributed by atoms with Crippen LogP contribution in [0.4, 0.5) is 11.4 Å². The van der Waals surface area contributed by atoms with Crippen molar-refractivity contribution in [2.24, 2.45) is 0 Å². The van der Waals surface area contributed by atoms with Gasteiger partial charge in [-0.3, -0.25) is 4.79 Å². The van der Waals surface area contributed by atoms with E-state index in [9.17, 15) is 4.79 Å². The van der Waals surface area contributed by atoms with Crippen LogP contribution < -0.4 is 9.80 Å². The lowest BCUT2D eigenvalue weighted by atomic mass is 10.1. The average Bonchev–Trinajstić information content (AvgIpc) is 3.25. The number of anilines is 2. The van der Waals surface area contributed by atoms with E-state index in [0.717, 1.165) is 36.6 Å². The topological polar surface area (TPSA) is 23.6 Å². The molecule has 0 saturated carbocycles. The van der Waals surface area contributed by atoms with Gasteiger partial charge in [0, 0.05) is 31.0 Å². The zero-order chi connectivity index (χ0) is 14.2. The maximum Gasteiger partial charge on any atom is 0.268 e. The Bertz CT molecular complexity index is 659. The Balaban J connectivity index is 1.66. The Morgan fingerprint density at radius 2 is 1.95 bits per heavy atom. The van der Waals surface area contributed by atoms with E-state index in [-0.39, 0.29) is 5.91 Å². The van der Waals surface area contributed by atoms with Crippen molar-refractivity contribution < 1.29 is 4.79 Å². The number of carbonyl (C=O) groups excluding carboxylic acids is 1. The van der Waals surface area contributed by atoms with Crippen molar-refractivity contribution in [2.75, 3.05) is 29.4 Å². The van der Waals surface area contributed by atoms with E-state index in [4.69, 9.17) is 0 Å². The summed E-state index contributed by atoms with van der Waals surface area (Å²) in [6.07, 6.45) is 3.51. The highest BCUT2D eigenvalue weighted by Crippen LogP contribution is 2.34. The van der Waals surface area contributed by atoms with Crippen molar-refractivity contribution in [3.8, 4) is 0 Å². The van der Waals surface area contributed by atoms with E-state index in [1.165, 1.54) is 35.4 Å². The predicted octanol–water partition coefficient (Wildman–Crippen LogP) is 3.55. The van der Waals surface area contributed by atoms with Crippen LogP contribution >= 0.6 is 11.3 Å². The first-order valence-electron chi connectivity index (χ1n) is 7.56. The Hall–Kier alpha value is -1.81. The van der Waals surface area contributed by atoms with E-state index < -0.39 is 0 Å². The highest BCUT2D eigenvalue weighted by molar-refractivity contribution is 7.12. The summed E-state index contributed by atoms with van der Waals surface area (Å²) in [6.45, 7) is 3.07. The van der Waals surface area contributed by atoms with Gasteiger partial charge in [-0.05, 0) is 48.4 Å². The number of nitrogens with zero attached hydrogens (tertiary/aromatic N) is 2. The number of hydrogen-bond acceptors (Lipinski definition) is 3. The normalized spacial score (nSPS) is 17.3. The molecule has 1 saturated heterocycles. The summed E-state index contributed by atoms with van der Waals surface area (Å²) in [7, 11) is 0.